The summed E-state index contributed by atoms with van der Waals surface area (Å²) in [5.74, 6) is -1.69. The molecule has 1 aromatic carbocycles. The summed E-state index contributed by atoms with van der Waals surface area (Å²) >= 11 is 0. The van der Waals surface area contributed by atoms with E-state index in [4.69, 9.17) is 10.8 Å². The molecule has 2 aromatic rings. The van der Waals surface area contributed by atoms with Crippen LogP contribution in [-0.4, -0.2) is 58.0 Å². The molecule has 0 radical (unpaired) electrons. The predicted molar refractivity (Wildman–Crippen MR) is 104 cm³/mol. The van der Waals surface area contributed by atoms with Gasteiger partial charge in [-0.1, -0.05) is 0 Å². The van der Waals surface area contributed by atoms with E-state index in [1.165, 1.54) is 4.90 Å². The molecule has 0 unspecified atom stereocenters. The quantitative estimate of drug-likeness (QED) is 0.500. The molecule has 1 aliphatic heterocycles. The molecule has 2 heterocycles. The Morgan fingerprint density at radius 3 is 2.66 bits per heavy atom. The van der Waals surface area contributed by atoms with E-state index in [0.717, 1.165) is 16.0 Å². The van der Waals surface area contributed by atoms with Crippen molar-refractivity contribution in [2.75, 3.05) is 36.4 Å². The zero-order valence-corrected chi connectivity index (χ0v) is 16.0. The molecule has 3 rings (SSSR count). The maximum Gasteiger partial charge on any atom is 0.323 e. The second-order valence-corrected chi connectivity index (χ2v) is 6.73. The number of aromatic amines is 1. The minimum absolute atomic E-state index is 0.00544. The largest absolute Gasteiger partial charge is 0.846 e. The van der Waals surface area contributed by atoms with E-state index in [2.05, 4.69) is 15.3 Å². The van der Waals surface area contributed by atoms with Crippen molar-refractivity contribution in [3.05, 3.63) is 33.6 Å². The van der Waals surface area contributed by atoms with Crippen LogP contribution in [0.4, 0.5) is 22.9 Å². The second kappa shape index (κ2) is 7.80. The highest BCUT2D eigenvalue weighted by atomic mass is 16.4. The van der Waals surface area contributed by atoms with Gasteiger partial charge in [-0.25, -0.2) is 4.98 Å². The number of nitrogens with zero attached hydrogens (tertiary/aromatic N) is 3. The zero-order chi connectivity index (χ0) is 21.3. The number of carboxylic acids is 1. The lowest BCUT2D eigenvalue weighted by molar-refractivity contribution is -0.281. The number of aryl methyl sites for hydroxylation is 2. The van der Waals surface area contributed by atoms with Crippen LogP contribution in [0.3, 0.4) is 0 Å². The molecule has 11 heteroatoms. The average Bonchev–Trinajstić information content (AvgIpc) is 2.63. The molecule has 29 heavy (non-hydrogen) atoms. The molecule has 0 bridgehead atoms. The molecule has 0 fully saturated rings. The van der Waals surface area contributed by atoms with Gasteiger partial charge in [0.05, 0.1) is 17.4 Å². The third-order valence-corrected chi connectivity index (χ3v) is 4.67. The van der Waals surface area contributed by atoms with E-state index in [9.17, 15) is 19.5 Å². The minimum atomic E-state index is -1.17. The smallest absolute Gasteiger partial charge is 0.323 e. The van der Waals surface area contributed by atoms with Crippen molar-refractivity contribution < 1.29 is 19.8 Å². The number of benzene rings is 1. The van der Waals surface area contributed by atoms with Crippen molar-refractivity contribution in [1.82, 2.24) is 14.9 Å². The van der Waals surface area contributed by atoms with Gasteiger partial charge in [0.25, 0.3) is 5.56 Å². The summed E-state index contributed by atoms with van der Waals surface area (Å²) in [6.07, 6.45) is 0. The van der Waals surface area contributed by atoms with Gasteiger partial charge in [-0.3, -0.25) is 14.4 Å². The van der Waals surface area contributed by atoms with Crippen LogP contribution in [0.15, 0.2) is 16.9 Å². The number of carboxylic acid groups (broad SMARTS) is 1. The van der Waals surface area contributed by atoms with Gasteiger partial charge in [-0.2, -0.15) is 0 Å². The van der Waals surface area contributed by atoms with Crippen LogP contribution in [0.1, 0.15) is 11.1 Å². The Kier molecular flexibility index (Phi) is 5.41. The Bertz CT molecular complexity index is 1030. The van der Waals surface area contributed by atoms with Crippen molar-refractivity contribution >= 4 is 34.8 Å². The molecule has 0 saturated heterocycles. The first-order valence-corrected chi connectivity index (χ1v) is 8.88. The number of carbonyl (C=O) groups is 2. The number of nitrogens with two attached hydrogens (primary N) is 1. The molecule has 154 valence electrons. The SMILES string of the molecule is Cc1cc2c(cc1C)N(CC(=O)N(CCN)CC(=O)O)c1nc([O-])[nH]c(=O)c1N2. The fraction of sp³-hybridized carbons (Fsp3) is 0.333. The second-order valence-electron chi connectivity index (χ2n) is 6.73. The highest BCUT2D eigenvalue weighted by Gasteiger charge is 2.30. The summed E-state index contributed by atoms with van der Waals surface area (Å²) in [6, 6.07) is 2.79. The predicted octanol–water partition coefficient (Wildman–Crippen LogP) is -0.473. The van der Waals surface area contributed by atoms with Crippen molar-refractivity contribution in [3.8, 4) is 6.01 Å². The lowest BCUT2D eigenvalue weighted by Gasteiger charge is -2.34. The number of nitrogens with one attached hydrogen (secondary N) is 2. The number of hydrogen-bond acceptors (Lipinski definition) is 8. The van der Waals surface area contributed by atoms with Crippen molar-refractivity contribution in [2.45, 2.75) is 13.8 Å². The summed E-state index contributed by atoms with van der Waals surface area (Å²) in [7, 11) is 0. The molecule has 0 spiro atoms. The molecular weight excluding hydrogens is 380 g/mol. The molecule has 0 saturated carbocycles. The summed E-state index contributed by atoms with van der Waals surface area (Å²) in [6.45, 7) is 3.12. The van der Waals surface area contributed by atoms with Crippen LogP contribution < -0.4 is 26.6 Å². The number of hydrogen-bond donors (Lipinski definition) is 4. The summed E-state index contributed by atoms with van der Waals surface area (Å²) in [4.78, 5) is 44.7. The Hall–Kier alpha value is -3.60. The topological polar surface area (TPSA) is 168 Å². The number of amides is 1. The van der Waals surface area contributed by atoms with Gasteiger partial charge in [-0.05, 0) is 37.1 Å². The molecule has 1 aromatic heterocycles. The zero-order valence-electron chi connectivity index (χ0n) is 16.0. The number of anilines is 4. The van der Waals surface area contributed by atoms with Crippen LogP contribution in [0.25, 0.3) is 0 Å². The number of aliphatic carboxylic acids is 1. The van der Waals surface area contributed by atoms with Gasteiger partial charge in [0, 0.05) is 13.1 Å². The normalized spacial score (nSPS) is 12.0. The first kappa shape index (κ1) is 20.1. The van der Waals surface area contributed by atoms with Crippen LogP contribution in [-0.2, 0) is 9.59 Å². The third kappa shape index (κ3) is 3.99. The highest BCUT2D eigenvalue weighted by Crippen LogP contribution is 2.42. The summed E-state index contributed by atoms with van der Waals surface area (Å²) in [5, 5.41) is 23.8. The highest BCUT2D eigenvalue weighted by molar-refractivity contribution is 5.95. The molecular formula is C18H21N6O5-. The van der Waals surface area contributed by atoms with Gasteiger partial charge in [0.2, 0.25) is 5.91 Å². The maximum absolute atomic E-state index is 12.8. The molecule has 0 atom stereocenters. The van der Waals surface area contributed by atoms with Crippen LogP contribution in [0.2, 0.25) is 0 Å². The number of fused-ring (bicyclic) bond motifs is 2. The van der Waals surface area contributed by atoms with E-state index in [1.807, 2.05) is 26.0 Å². The molecule has 1 amide bonds. The minimum Gasteiger partial charge on any atom is -0.846 e. The van der Waals surface area contributed by atoms with E-state index in [0.29, 0.717) is 11.4 Å². The summed E-state index contributed by atoms with van der Waals surface area (Å²) < 4.78 is 0. The molecule has 1 aliphatic rings. The monoisotopic (exact) mass is 401 g/mol. The fourth-order valence-electron chi connectivity index (χ4n) is 3.13. The molecule has 0 aliphatic carbocycles. The first-order chi connectivity index (χ1) is 13.7. The Morgan fingerprint density at radius 2 is 2.00 bits per heavy atom. The van der Waals surface area contributed by atoms with E-state index < -0.39 is 30.0 Å². The number of rotatable bonds is 6. The summed E-state index contributed by atoms with van der Waals surface area (Å²) in [5.41, 5.74) is 7.89. The van der Waals surface area contributed by atoms with Gasteiger partial charge in [0.15, 0.2) is 5.82 Å². The van der Waals surface area contributed by atoms with Gasteiger partial charge >= 0.3 is 5.97 Å². The first-order valence-electron chi connectivity index (χ1n) is 8.88. The van der Waals surface area contributed by atoms with E-state index in [-0.39, 0.29) is 31.1 Å². The van der Waals surface area contributed by atoms with Crippen molar-refractivity contribution in [2.24, 2.45) is 5.73 Å². The van der Waals surface area contributed by atoms with Crippen LogP contribution in [0.5, 0.6) is 6.01 Å². The lowest BCUT2D eigenvalue weighted by atomic mass is 10.0. The number of carbonyl (C=O) groups excluding carboxylic acids is 1. The van der Waals surface area contributed by atoms with Crippen LogP contribution in [0, 0.1) is 13.8 Å². The van der Waals surface area contributed by atoms with Crippen molar-refractivity contribution in [1.29, 1.82) is 0 Å². The van der Waals surface area contributed by atoms with Crippen LogP contribution >= 0.6 is 0 Å². The third-order valence-electron chi connectivity index (χ3n) is 4.67. The van der Waals surface area contributed by atoms with Gasteiger partial charge in [-0.15, -0.1) is 0 Å². The Balaban J connectivity index is 2.07. The van der Waals surface area contributed by atoms with Gasteiger partial charge in [0.1, 0.15) is 18.8 Å². The number of H-pyrrole nitrogens is 1. The lowest BCUT2D eigenvalue weighted by Crippen LogP contribution is -2.44. The van der Waals surface area contributed by atoms with Gasteiger partial charge < -0.3 is 36.0 Å². The maximum atomic E-state index is 12.8. The number of aromatic nitrogens is 2. The van der Waals surface area contributed by atoms with E-state index in [1.54, 1.807) is 0 Å². The van der Waals surface area contributed by atoms with E-state index >= 15 is 0 Å². The molecule has 11 nitrogen and oxygen atoms in total. The standard InChI is InChI=1S/C18H22N6O5/c1-9-5-11-12(6-10(9)2)24(7-13(25)23(4-3-19)8-14(26)27)16-15(20-11)17(28)22-18(29)21-16/h5-6,20H,3-4,7-8,19H2,1-2H3,(H,26,27)(H2,21,22,28,29)/p-1. The molecule has 5 N–H and O–H groups in total. The van der Waals surface area contributed by atoms with Crippen molar-refractivity contribution in [3.63, 3.8) is 0 Å². The average molecular weight is 401 g/mol. The Morgan fingerprint density at radius 1 is 1.31 bits per heavy atom. The fourth-order valence-corrected chi connectivity index (χ4v) is 3.13. The Labute approximate surface area is 165 Å².